The number of ether oxygens (including phenoxy) is 2. The predicted molar refractivity (Wildman–Crippen MR) is 135 cm³/mol. The van der Waals surface area contributed by atoms with E-state index in [0.717, 1.165) is 26.9 Å². The van der Waals surface area contributed by atoms with E-state index in [-0.39, 0.29) is 22.1 Å². The SMILES string of the molecule is COc1ccc(-c2nc3ccccc3s2)cc1NC(=S)NC(=O)c1ccc(OC)c([N+](=O)[O-])c1. The van der Waals surface area contributed by atoms with Crippen LogP contribution in [0.15, 0.2) is 60.7 Å². The number of hydrogen-bond acceptors (Lipinski definition) is 8. The van der Waals surface area contributed by atoms with Crippen LogP contribution in [0, 0.1) is 10.1 Å². The van der Waals surface area contributed by atoms with E-state index >= 15 is 0 Å². The molecule has 0 aliphatic carbocycles. The van der Waals surface area contributed by atoms with Gasteiger partial charge in [0.05, 0.1) is 35.0 Å². The number of thiocarbonyl (C=S) groups is 1. The maximum absolute atomic E-state index is 12.6. The third-order valence-corrected chi connectivity index (χ3v) is 6.14. The Bertz CT molecular complexity index is 1390. The number of aromatic nitrogens is 1. The van der Waals surface area contributed by atoms with Crippen molar-refractivity contribution in [3.8, 4) is 22.1 Å². The molecule has 1 aromatic heterocycles. The molecule has 11 heteroatoms. The third-order valence-electron chi connectivity index (χ3n) is 4.85. The molecule has 4 rings (SSSR count). The molecule has 172 valence electrons. The number of anilines is 1. The molecule has 0 radical (unpaired) electrons. The molecule has 3 aromatic carbocycles. The molecule has 0 saturated carbocycles. The number of thiazole rings is 1. The Kier molecular flexibility index (Phi) is 6.66. The smallest absolute Gasteiger partial charge is 0.311 e. The van der Waals surface area contributed by atoms with Gasteiger partial charge in [0.2, 0.25) is 0 Å². The number of para-hydroxylation sites is 1. The van der Waals surface area contributed by atoms with Gasteiger partial charge < -0.3 is 14.8 Å². The second kappa shape index (κ2) is 9.81. The fourth-order valence-electron chi connectivity index (χ4n) is 3.24. The highest BCUT2D eigenvalue weighted by atomic mass is 32.1. The Morgan fingerprint density at radius 3 is 2.50 bits per heavy atom. The van der Waals surface area contributed by atoms with Crippen molar-refractivity contribution < 1.29 is 19.2 Å². The zero-order valence-electron chi connectivity index (χ0n) is 18.0. The van der Waals surface area contributed by atoms with Crippen LogP contribution in [0.2, 0.25) is 0 Å². The lowest BCUT2D eigenvalue weighted by molar-refractivity contribution is -0.385. The molecule has 0 unspecified atom stereocenters. The van der Waals surface area contributed by atoms with E-state index in [9.17, 15) is 14.9 Å². The van der Waals surface area contributed by atoms with Crippen molar-refractivity contribution in [1.29, 1.82) is 0 Å². The summed E-state index contributed by atoms with van der Waals surface area (Å²) in [5.74, 6) is -0.0373. The highest BCUT2D eigenvalue weighted by molar-refractivity contribution is 7.80. The number of carbonyl (C=O) groups excluding carboxylic acids is 1. The van der Waals surface area contributed by atoms with Crippen LogP contribution in [0.5, 0.6) is 11.5 Å². The highest BCUT2D eigenvalue weighted by Crippen LogP contribution is 2.35. The molecule has 0 fully saturated rings. The second-order valence-corrected chi connectivity index (χ2v) is 8.39. The van der Waals surface area contributed by atoms with E-state index in [0.29, 0.717) is 11.4 Å². The van der Waals surface area contributed by atoms with Gasteiger partial charge in [-0.2, -0.15) is 0 Å². The van der Waals surface area contributed by atoms with E-state index in [1.165, 1.54) is 26.4 Å². The first kappa shape index (κ1) is 23.1. The Hall–Kier alpha value is -4.09. The van der Waals surface area contributed by atoms with Crippen molar-refractivity contribution in [2.75, 3.05) is 19.5 Å². The maximum Gasteiger partial charge on any atom is 0.311 e. The number of rotatable bonds is 6. The van der Waals surface area contributed by atoms with E-state index in [4.69, 9.17) is 21.7 Å². The number of methoxy groups -OCH3 is 2. The number of fused-ring (bicyclic) bond motifs is 1. The number of hydrogen-bond donors (Lipinski definition) is 2. The molecule has 4 aromatic rings. The molecule has 0 atom stereocenters. The highest BCUT2D eigenvalue weighted by Gasteiger charge is 2.19. The van der Waals surface area contributed by atoms with E-state index in [1.54, 1.807) is 17.4 Å². The zero-order chi connectivity index (χ0) is 24.2. The normalized spacial score (nSPS) is 10.5. The summed E-state index contributed by atoms with van der Waals surface area (Å²) in [7, 11) is 2.84. The van der Waals surface area contributed by atoms with Crippen LogP contribution in [-0.4, -0.2) is 35.1 Å². The molecule has 0 aliphatic rings. The molecular formula is C23H18N4O5S2. The molecule has 0 aliphatic heterocycles. The van der Waals surface area contributed by atoms with Gasteiger partial charge in [-0.15, -0.1) is 11.3 Å². The molecule has 0 bridgehead atoms. The second-order valence-electron chi connectivity index (χ2n) is 6.95. The van der Waals surface area contributed by atoms with Gasteiger partial charge in [0.15, 0.2) is 10.9 Å². The van der Waals surface area contributed by atoms with Crippen LogP contribution in [0.4, 0.5) is 11.4 Å². The largest absolute Gasteiger partial charge is 0.495 e. The van der Waals surface area contributed by atoms with Gasteiger partial charge in [-0.1, -0.05) is 12.1 Å². The van der Waals surface area contributed by atoms with Crippen molar-refractivity contribution >= 4 is 56.2 Å². The third kappa shape index (κ3) is 4.80. The van der Waals surface area contributed by atoms with Crippen molar-refractivity contribution in [1.82, 2.24) is 10.3 Å². The standard InChI is InChI=1S/C23H18N4O5S2/c1-31-18-9-8-14(22-24-15-5-3-4-6-20(15)34-22)11-16(18)25-23(33)26-21(28)13-7-10-19(32-2)17(12-13)27(29)30/h3-12H,1-2H3,(H2,25,26,28,33). The van der Waals surface area contributed by atoms with Crippen LogP contribution in [0.25, 0.3) is 20.8 Å². The van der Waals surface area contributed by atoms with Gasteiger partial charge >= 0.3 is 5.69 Å². The van der Waals surface area contributed by atoms with Gasteiger partial charge in [0.25, 0.3) is 5.91 Å². The van der Waals surface area contributed by atoms with Gasteiger partial charge in [-0.25, -0.2) is 4.98 Å². The Balaban J connectivity index is 1.54. The lowest BCUT2D eigenvalue weighted by Gasteiger charge is -2.14. The summed E-state index contributed by atoms with van der Waals surface area (Å²) in [6.45, 7) is 0. The van der Waals surface area contributed by atoms with Crippen molar-refractivity contribution in [2.24, 2.45) is 0 Å². The van der Waals surface area contributed by atoms with Crippen molar-refractivity contribution in [3.63, 3.8) is 0 Å². The average Bonchev–Trinajstić information content (AvgIpc) is 3.27. The van der Waals surface area contributed by atoms with Crippen molar-refractivity contribution in [2.45, 2.75) is 0 Å². The summed E-state index contributed by atoms with van der Waals surface area (Å²) >= 11 is 6.85. The van der Waals surface area contributed by atoms with Crippen molar-refractivity contribution in [3.05, 3.63) is 76.3 Å². The van der Waals surface area contributed by atoms with Gasteiger partial charge in [-0.05, 0) is 54.7 Å². The first-order valence-corrected chi connectivity index (χ1v) is 11.1. The van der Waals surface area contributed by atoms with Gasteiger partial charge in [0, 0.05) is 17.2 Å². The van der Waals surface area contributed by atoms with E-state index in [2.05, 4.69) is 15.6 Å². The van der Waals surface area contributed by atoms with Crippen LogP contribution >= 0.6 is 23.6 Å². The molecule has 1 heterocycles. The molecule has 0 spiro atoms. The zero-order valence-corrected chi connectivity index (χ0v) is 19.7. The number of nitro groups is 1. The van der Waals surface area contributed by atoms with E-state index in [1.807, 2.05) is 36.4 Å². The first-order chi connectivity index (χ1) is 16.4. The minimum Gasteiger partial charge on any atom is -0.495 e. The summed E-state index contributed by atoms with van der Waals surface area (Å²) in [5.41, 5.74) is 2.03. The number of amides is 1. The Labute approximate surface area is 203 Å². The Morgan fingerprint density at radius 1 is 1.06 bits per heavy atom. The summed E-state index contributed by atoms with van der Waals surface area (Å²) in [5, 5.41) is 17.6. The van der Waals surface area contributed by atoms with Crippen LogP contribution < -0.4 is 20.1 Å². The molecule has 9 nitrogen and oxygen atoms in total. The molecule has 1 amide bonds. The number of nitrogens with one attached hydrogen (secondary N) is 2. The lowest BCUT2D eigenvalue weighted by atomic mass is 10.1. The molecular weight excluding hydrogens is 476 g/mol. The minimum absolute atomic E-state index is 0.00298. The number of carbonyl (C=O) groups is 1. The number of nitro benzene ring substituents is 1. The minimum atomic E-state index is -0.620. The summed E-state index contributed by atoms with van der Waals surface area (Å²) in [4.78, 5) is 27.9. The first-order valence-electron chi connectivity index (χ1n) is 9.88. The quantitative estimate of drug-likeness (QED) is 0.218. The van der Waals surface area contributed by atoms with Gasteiger partial charge in [-0.3, -0.25) is 20.2 Å². The molecule has 2 N–H and O–H groups in total. The summed E-state index contributed by atoms with van der Waals surface area (Å²) < 4.78 is 11.4. The van der Waals surface area contributed by atoms with Gasteiger partial charge in [0.1, 0.15) is 10.8 Å². The summed E-state index contributed by atoms with van der Waals surface area (Å²) in [6.07, 6.45) is 0. The number of nitrogens with zero attached hydrogens (tertiary/aromatic N) is 2. The Morgan fingerprint density at radius 2 is 1.79 bits per heavy atom. The summed E-state index contributed by atoms with van der Waals surface area (Å²) in [6, 6.07) is 17.3. The van der Waals surface area contributed by atoms with E-state index < -0.39 is 10.8 Å². The van der Waals surface area contributed by atoms with Crippen LogP contribution in [-0.2, 0) is 0 Å². The van der Waals surface area contributed by atoms with Crippen LogP contribution in [0.3, 0.4) is 0 Å². The maximum atomic E-state index is 12.6. The van der Waals surface area contributed by atoms with Crippen LogP contribution in [0.1, 0.15) is 10.4 Å². The fourth-order valence-corrected chi connectivity index (χ4v) is 4.40. The topological polar surface area (TPSA) is 116 Å². The average molecular weight is 495 g/mol. The number of benzene rings is 3. The predicted octanol–water partition coefficient (Wildman–Crippen LogP) is 5.02. The molecule has 34 heavy (non-hydrogen) atoms. The fraction of sp³-hybridized carbons (Fsp3) is 0.0870. The molecule has 0 saturated heterocycles. The monoisotopic (exact) mass is 494 g/mol. The lowest BCUT2D eigenvalue weighted by Crippen LogP contribution is -2.34.